The Bertz CT molecular complexity index is 649. The molecule has 1 aromatic carbocycles. The van der Waals surface area contributed by atoms with Gasteiger partial charge in [0.15, 0.2) is 0 Å². The number of ether oxygens (including phenoxy) is 1. The monoisotopic (exact) mass is 294 g/mol. The van der Waals surface area contributed by atoms with Crippen molar-refractivity contribution in [3.63, 3.8) is 0 Å². The van der Waals surface area contributed by atoms with Crippen LogP contribution in [0.2, 0.25) is 0 Å². The minimum atomic E-state index is -0.838. The lowest BCUT2D eigenvalue weighted by atomic mass is 10.1. The number of aliphatic carboxylic acids is 1. The Hall–Kier alpha value is -1.59. The number of carbonyl (C=O) groups is 1. The van der Waals surface area contributed by atoms with Crippen LogP contribution in [0.25, 0.3) is 11.0 Å². The molecule has 0 radical (unpaired) electrons. The van der Waals surface area contributed by atoms with Gasteiger partial charge in [-0.2, -0.15) is 0 Å². The molecule has 1 aromatic heterocycles. The van der Waals surface area contributed by atoms with Gasteiger partial charge in [0.05, 0.1) is 36.0 Å². The van der Waals surface area contributed by atoms with E-state index in [1.807, 2.05) is 16.7 Å². The van der Waals surface area contributed by atoms with E-state index in [0.29, 0.717) is 5.88 Å². The maximum Gasteiger partial charge on any atom is 0.307 e. The third-order valence-electron chi connectivity index (χ3n) is 3.55. The summed E-state index contributed by atoms with van der Waals surface area (Å²) in [6, 6.07) is 5.53. The number of rotatable bonds is 5. The lowest BCUT2D eigenvalue weighted by Gasteiger charge is -2.27. The van der Waals surface area contributed by atoms with Crippen molar-refractivity contribution in [2.24, 2.45) is 0 Å². The van der Waals surface area contributed by atoms with E-state index < -0.39 is 5.97 Å². The summed E-state index contributed by atoms with van der Waals surface area (Å²) in [7, 11) is 0. The van der Waals surface area contributed by atoms with Crippen LogP contribution in [0.5, 0.6) is 0 Å². The molecule has 0 spiro atoms. The molecule has 1 aliphatic heterocycles. The molecule has 0 bridgehead atoms. The molecular weight excluding hydrogens is 280 g/mol. The largest absolute Gasteiger partial charge is 0.481 e. The van der Waals surface area contributed by atoms with Crippen LogP contribution >= 0.6 is 11.6 Å². The van der Waals surface area contributed by atoms with Crippen LogP contribution in [-0.2, 0) is 28.4 Å². The van der Waals surface area contributed by atoms with Gasteiger partial charge in [0.2, 0.25) is 0 Å². The molecule has 0 aliphatic carbocycles. The molecule has 1 atom stereocenters. The molecule has 0 unspecified atom stereocenters. The molecule has 5 nitrogen and oxygen atoms in total. The van der Waals surface area contributed by atoms with Crippen molar-refractivity contribution in [3.8, 4) is 0 Å². The third-order valence-corrected chi connectivity index (χ3v) is 3.79. The van der Waals surface area contributed by atoms with Crippen molar-refractivity contribution in [3.05, 3.63) is 29.6 Å². The van der Waals surface area contributed by atoms with Crippen LogP contribution in [0.4, 0.5) is 0 Å². The van der Waals surface area contributed by atoms with Gasteiger partial charge in [-0.1, -0.05) is 6.07 Å². The van der Waals surface area contributed by atoms with Crippen LogP contribution in [0.1, 0.15) is 17.8 Å². The van der Waals surface area contributed by atoms with Gasteiger partial charge in [0, 0.05) is 6.61 Å². The minimum Gasteiger partial charge on any atom is -0.481 e. The number of alkyl halides is 1. The average Bonchev–Trinajstić information content (AvgIpc) is 2.70. The van der Waals surface area contributed by atoms with Gasteiger partial charge in [-0.3, -0.25) is 4.79 Å². The molecule has 2 aromatic rings. The van der Waals surface area contributed by atoms with Crippen molar-refractivity contribution in [2.75, 3.05) is 6.61 Å². The first-order chi connectivity index (χ1) is 9.67. The van der Waals surface area contributed by atoms with E-state index in [1.54, 1.807) is 6.07 Å². The lowest BCUT2D eigenvalue weighted by Crippen LogP contribution is -2.31. The predicted octanol–water partition coefficient (Wildman–Crippen LogP) is 2.19. The summed E-state index contributed by atoms with van der Waals surface area (Å²) in [6.45, 7) is 1.52. The van der Waals surface area contributed by atoms with E-state index in [0.717, 1.165) is 42.0 Å². The van der Waals surface area contributed by atoms with Gasteiger partial charge < -0.3 is 14.4 Å². The number of hydrogen-bond donors (Lipinski definition) is 1. The van der Waals surface area contributed by atoms with Gasteiger partial charge in [-0.05, 0) is 24.1 Å². The predicted molar refractivity (Wildman–Crippen MR) is 75.0 cm³/mol. The summed E-state index contributed by atoms with van der Waals surface area (Å²) in [4.78, 5) is 15.3. The summed E-state index contributed by atoms with van der Waals surface area (Å²) < 4.78 is 7.50. The first kappa shape index (κ1) is 13.4. The normalized spacial score (nSPS) is 18.1. The highest BCUT2D eigenvalue weighted by Crippen LogP contribution is 2.23. The van der Waals surface area contributed by atoms with Gasteiger partial charge in [0.25, 0.3) is 0 Å². The quantitative estimate of drug-likeness (QED) is 0.859. The topological polar surface area (TPSA) is 64.3 Å². The van der Waals surface area contributed by atoms with Crippen LogP contribution in [0.15, 0.2) is 18.2 Å². The van der Waals surface area contributed by atoms with Crippen molar-refractivity contribution in [2.45, 2.75) is 31.4 Å². The Morgan fingerprint density at radius 1 is 1.55 bits per heavy atom. The third kappa shape index (κ3) is 2.51. The Morgan fingerprint density at radius 3 is 2.95 bits per heavy atom. The zero-order valence-corrected chi connectivity index (χ0v) is 11.6. The van der Waals surface area contributed by atoms with Crippen LogP contribution < -0.4 is 0 Å². The Balaban J connectivity index is 2.00. The highest BCUT2D eigenvalue weighted by Gasteiger charge is 2.21. The van der Waals surface area contributed by atoms with Crippen LogP contribution in [-0.4, -0.2) is 33.3 Å². The van der Waals surface area contributed by atoms with E-state index >= 15 is 0 Å². The summed E-state index contributed by atoms with van der Waals surface area (Å²) in [6.07, 6.45) is 1.26. The van der Waals surface area contributed by atoms with Crippen LogP contribution in [0.3, 0.4) is 0 Å². The number of nitrogens with zero attached hydrogens (tertiary/aromatic N) is 2. The number of imidazole rings is 1. The minimum absolute atomic E-state index is 0.0112. The number of halogens is 1. The molecule has 3 rings (SSSR count). The zero-order chi connectivity index (χ0) is 14.1. The molecule has 1 N–H and O–H groups in total. The Morgan fingerprint density at radius 2 is 2.35 bits per heavy atom. The van der Waals surface area contributed by atoms with Gasteiger partial charge in [0.1, 0.15) is 5.82 Å². The second kappa shape index (κ2) is 5.42. The molecule has 0 saturated carbocycles. The molecule has 0 amide bonds. The highest BCUT2D eigenvalue weighted by atomic mass is 35.5. The van der Waals surface area contributed by atoms with Crippen LogP contribution in [0, 0.1) is 0 Å². The Labute approximate surface area is 121 Å². The smallest absolute Gasteiger partial charge is 0.307 e. The second-order valence-electron chi connectivity index (χ2n) is 4.95. The SMILES string of the molecule is O=C(O)Cc1ccc2nc(CCl)n(C[C@@H]3CCO3)c2c1. The van der Waals surface area contributed by atoms with E-state index in [-0.39, 0.29) is 12.5 Å². The summed E-state index contributed by atoms with van der Waals surface area (Å²) in [5.41, 5.74) is 2.53. The second-order valence-corrected chi connectivity index (χ2v) is 5.21. The molecular formula is C14H15ClN2O3. The summed E-state index contributed by atoms with van der Waals surface area (Å²) in [5, 5.41) is 8.89. The zero-order valence-electron chi connectivity index (χ0n) is 10.9. The number of fused-ring (bicyclic) bond motifs is 1. The fourth-order valence-electron chi connectivity index (χ4n) is 2.44. The molecule has 1 aliphatic rings. The van der Waals surface area contributed by atoms with Crippen molar-refractivity contribution in [1.29, 1.82) is 0 Å². The number of benzene rings is 1. The van der Waals surface area contributed by atoms with Crippen molar-refractivity contribution < 1.29 is 14.6 Å². The number of carboxylic acids is 1. The number of carboxylic acid groups (broad SMARTS) is 1. The molecule has 6 heteroatoms. The van der Waals surface area contributed by atoms with Gasteiger partial charge >= 0.3 is 5.97 Å². The van der Waals surface area contributed by atoms with Gasteiger partial charge in [-0.25, -0.2) is 4.98 Å². The van der Waals surface area contributed by atoms with Crippen molar-refractivity contribution in [1.82, 2.24) is 9.55 Å². The van der Waals surface area contributed by atoms with E-state index in [1.165, 1.54) is 0 Å². The standard InChI is InChI=1S/C14H15ClN2O3/c15-7-13-16-11-2-1-9(6-14(18)19)5-12(11)17(13)8-10-3-4-20-10/h1-2,5,10H,3-4,6-8H2,(H,18,19)/t10-/m0/s1. The van der Waals surface area contributed by atoms with E-state index in [4.69, 9.17) is 21.4 Å². The maximum absolute atomic E-state index is 10.8. The van der Waals surface area contributed by atoms with Gasteiger partial charge in [-0.15, -0.1) is 11.6 Å². The molecule has 1 fully saturated rings. The number of aromatic nitrogens is 2. The fourth-order valence-corrected chi connectivity index (χ4v) is 2.64. The summed E-state index contributed by atoms with van der Waals surface area (Å²) >= 11 is 5.95. The Kier molecular flexibility index (Phi) is 3.63. The first-order valence-corrected chi connectivity index (χ1v) is 7.08. The van der Waals surface area contributed by atoms with E-state index in [2.05, 4.69) is 4.98 Å². The fraction of sp³-hybridized carbons (Fsp3) is 0.429. The van der Waals surface area contributed by atoms with E-state index in [9.17, 15) is 4.79 Å². The maximum atomic E-state index is 10.8. The molecule has 1 saturated heterocycles. The summed E-state index contributed by atoms with van der Waals surface area (Å²) in [5.74, 6) is 0.287. The molecule has 106 valence electrons. The molecule has 20 heavy (non-hydrogen) atoms. The first-order valence-electron chi connectivity index (χ1n) is 6.55. The number of hydrogen-bond acceptors (Lipinski definition) is 3. The van der Waals surface area contributed by atoms with Crippen molar-refractivity contribution >= 4 is 28.6 Å². The molecule has 2 heterocycles. The lowest BCUT2D eigenvalue weighted by molar-refractivity contribution is -0.136. The highest BCUT2D eigenvalue weighted by molar-refractivity contribution is 6.16. The average molecular weight is 295 g/mol.